The van der Waals surface area contributed by atoms with Crippen LogP contribution in [0.2, 0.25) is 0 Å². The van der Waals surface area contributed by atoms with Crippen LogP contribution in [0.25, 0.3) is 0 Å². The van der Waals surface area contributed by atoms with Crippen molar-refractivity contribution in [1.29, 1.82) is 0 Å². The van der Waals surface area contributed by atoms with E-state index in [1.54, 1.807) is 0 Å². The van der Waals surface area contributed by atoms with Crippen LogP contribution in [-0.2, 0) is 0 Å². The summed E-state index contributed by atoms with van der Waals surface area (Å²) < 4.78 is 0. The molecule has 2 atom stereocenters. The van der Waals surface area contributed by atoms with Gasteiger partial charge in [0.15, 0.2) is 5.78 Å². The highest BCUT2D eigenvalue weighted by atomic mass is 16.1. The van der Waals surface area contributed by atoms with E-state index in [0.29, 0.717) is 18.3 Å². The topological polar surface area (TPSA) is 17.1 Å². The Bertz CT molecular complexity index is 568. The van der Waals surface area contributed by atoms with Gasteiger partial charge in [-0.25, -0.2) is 0 Å². The van der Waals surface area contributed by atoms with Gasteiger partial charge < -0.3 is 0 Å². The molecule has 96 valence electrons. The maximum atomic E-state index is 11.6. The quantitative estimate of drug-likeness (QED) is 0.727. The SMILES string of the molecule is CCC(=O)c1ccc(C2CC2c2ccccc2)cc1. The van der Waals surface area contributed by atoms with E-state index in [-0.39, 0.29) is 5.78 Å². The minimum Gasteiger partial charge on any atom is -0.294 e. The lowest BCUT2D eigenvalue weighted by atomic mass is 10.0. The summed E-state index contributed by atoms with van der Waals surface area (Å²) in [5.74, 6) is 1.52. The van der Waals surface area contributed by atoms with E-state index in [1.165, 1.54) is 17.5 Å². The van der Waals surface area contributed by atoms with Gasteiger partial charge in [-0.2, -0.15) is 0 Å². The number of hydrogen-bond donors (Lipinski definition) is 0. The lowest BCUT2D eigenvalue weighted by molar-refractivity contribution is 0.0988. The molecule has 1 aliphatic rings. The first-order valence-electron chi connectivity index (χ1n) is 6.97. The Hall–Kier alpha value is -1.89. The average Bonchev–Trinajstić information content (AvgIpc) is 3.28. The Balaban J connectivity index is 1.74. The van der Waals surface area contributed by atoms with Gasteiger partial charge in [-0.1, -0.05) is 61.5 Å². The molecule has 0 radical (unpaired) electrons. The second-order valence-corrected chi connectivity index (χ2v) is 5.26. The van der Waals surface area contributed by atoms with Gasteiger partial charge in [0.1, 0.15) is 0 Å². The van der Waals surface area contributed by atoms with Gasteiger partial charge >= 0.3 is 0 Å². The molecule has 1 aliphatic carbocycles. The lowest BCUT2D eigenvalue weighted by Gasteiger charge is -2.03. The number of rotatable bonds is 4. The van der Waals surface area contributed by atoms with Crippen molar-refractivity contribution in [1.82, 2.24) is 0 Å². The highest BCUT2D eigenvalue weighted by molar-refractivity contribution is 5.95. The van der Waals surface area contributed by atoms with E-state index in [4.69, 9.17) is 0 Å². The van der Waals surface area contributed by atoms with Crippen LogP contribution in [0.4, 0.5) is 0 Å². The fourth-order valence-corrected chi connectivity index (χ4v) is 2.75. The van der Waals surface area contributed by atoms with Crippen molar-refractivity contribution >= 4 is 5.78 Å². The zero-order valence-electron chi connectivity index (χ0n) is 11.2. The van der Waals surface area contributed by atoms with Crippen LogP contribution in [0.15, 0.2) is 54.6 Å². The molecule has 3 rings (SSSR count). The Morgan fingerprint density at radius 2 is 1.53 bits per heavy atom. The molecule has 1 saturated carbocycles. The van der Waals surface area contributed by atoms with Crippen LogP contribution in [0.3, 0.4) is 0 Å². The predicted molar refractivity (Wildman–Crippen MR) is 77.6 cm³/mol. The number of carbonyl (C=O) groups excluding carboxylic acids is 1. The molecule has 2 unspecified atom stereocenters. The largest absolute Gasteiger partial charge is 0.294 e. The van der Waals surface area contributed by atoms with Gasteiger partial charge in [0.05, 0.1) is 0 Å². The minimum absolute atomic E-state index is 0.224. The van der Waals surface area contributed by atoms with Crippen molar-refractivity contribution < 1.29 is 4.79 Å². The second kappa shape index (κ2) is 5.00. The molecule has 2 aromatic carbocycles. The molecule has 0 bridgehead atoms. The molecule has 0 aromatic heterocycles. The fraction of sp³-hybridized carbons (Fsp3) is 0.278. The summed E-state index contributed by atoms with van der Waals surface area (Å²) in [4.78, 5) is 11.6. The molecule has 19 heavy (non-hydrogen) atoms. The fourth-order valence-electron chi connectivity index (χ4n) is 2.75. The number of carbonyl (C=O) groups is 1. The van der Waals surface area contributed by atoms with Crippen LogP contribution >= 0.6 is 0 Å². The normalized spacial score (nSPS) is 21.1. The Morgan fingerprint density at radius 3 is 2.11 bits per heavy atom. The minimum atomic E-state index is 0.224. The smallest absolute Gasteiger partial charge is 0.162 e. The van der Waals surface area contributed by atoms with E-state index in [9.17, 15) is 4.79 Å². The molecule has 0 N–H and O–H groups in total. The van der Waals surface area contributed by atoms with Crippen molar-refractivity contribution in [2.75, 3.05) is 0 Å². The molecule has 0 saturated heterocycles. The summed E-state index contributed by atoms with van der Waals surface area (Å²) in [5, 5.41) is 0. The van der Waals surface area contributed by atoms with Gasteiger partial charge in [0.25, 0.3) is 0 Å². The zero-order chi connectivity index (χ0) is 13.2. The Kier molecular flexibility index (Phi) is 3.20. The molecule has 0 heterocycles. The Morgan fingerprint density at radius 1 is 0.947 bits per heavy atom. The maximum absolute atomic E-state index is 11.6. The third kappa shape index (κ3) is 2.46. The first-order valence-corrected chi connectivity index (χ1v) is 6.97. The molecule has 0 spiro atoms. The van der Waals surface area contributed by atoms with Crippen LogP contribution in [0, 0.1) is 0 Å². The van der Waals surface area contributed by atoms with Crippen molar-refractivity contribution in [2.24, 2.45) is 0 Å². The number of hydrogen-bond acceptors (Lipinski definition) is 1. The monoisotopic (exact) mass is 250 g/mol. The van der Waals surface area contributed by atoms with E-state index in [2.05, 4.69) is 42.5 Å². The highest BCUT2D eigenvalue weighted by Crippen LogP contribution is 2.54. The molecule has 0 amide bonds. The number of Topliss-reactive ketones (excluding diaryl/α,β-unsaturated/α-hetero) is 1. The average molecular weight is 250 g/mol. The summed E-state index contributed by atoms with van der Waals surface area (Å²) in [6, 6.07) is 18.9. The summed E-state index contributed by atoms with van der Waals surface area (Å²) >= 11 is 0. The van der Waals surface area contributed by atoms with Crippen molar-refractivity contribution in [3.8, 4) is 0 Å². The van der Waals surface area contributed by atoms with Crippen LogP contribution < -0.4 is 0 Å². The van der Waals surface area contributed by atoms with Gasteiger partial charge in [0, 0.05) is 12.0 Å². The van der Waals surface area contributed by atoms with E-state index < -0.39 is 0 Å². The Labute approximate surface area is 114 Å². The van der Waals surface area contributed by atoms with Crippen LogP contribution in [0.5, 0.6) is 0 Å². The van der Waals surface area contributed by atoms with Crippen molar-refractivity contribution in [2.45, 2.75) is 31.6 Å². The van der Waals surface area contributed by atoms with Gasteiger partial charge in [0.2, 0.25) is 0 Å². The van der Waals surface area contributed by atoms with E-state index in [1.807, 2.05) is 19.1 Å². The maximum Gasteiger partial charge on any atom is 0.162 e. The molecule has 2 aromatic rings. The molecule has 1 nitrogen and oxygen atoms in total. The lowest BCUT2D eigenvalue weighted by Crippen LogP contribution is -1.96. The van der Waals surface area contributed by atoms with Crippen molar-refractivity contribution in [3.63, 3.8) is 0 Å². The molecular formula is C18H18O. The third-order valence-corrected chi connectivity index (χ3v) is 4.00. The summed E-state index contributed by atoms with van der Waals surface area (Å²) in [7, 11) is 0. The van der Waals surface area contributed by atoms with E-state index in [0.717, 1.165) is 5.56 Å². The summed E-state index contributed by atoms with van der Waals surface area (Å²) in [6.07, 6.45) is 1.81. The number of benzene rings is 2. The predicted octanol–water partition coefficient (Wildman–Crippen LogP) is 4.55. The van der Waals surface area contributed by atoms with E-state index >= 15 is 0 Å². The van der Waals surface area contributed by atoms with Crippen LogP contribution in [0.1, 0.15) is 53.1 Å². The molecule has 1 fully saturated rings. The third-order valence-electron chi connectivity index (χ3n) is 4.00. The van der Waals surface area contributed by atoms with Crippen molar-refractivity contribution in [3.05, 3.63) is 71.3 Å². The molecule has 0 aliphatic heterocycles. The summed E-state index contributed by atoms with van der Waals surface area (Å²) in [5.41, 5.74) is 3.63. The second-order valence-electron chi connectivity index (χ2n) is 5.26. The van der Waals surface area contributed by atoms with Gasteiger partial charge in [-0.15, -0.1) is 0 Å². The first-order chi connectivity index (χ1) is 9.29. The highest BCUT2D eigenvalue weighted by Gasteiger charge is 2.39. The first kappa shape index (κ1) is 12.2. The summed E-state index contributed by atoms with van der Waals surface area (Å²) in [6.45, 7) is 1.91. The zero-order valence-corrected chi connectivity index (χ0v) is 11.2. The molecule has 1 heteroatoms. The van der Waals surface area contributed by atoms with Crippen LogP contribution in [-0.4, -0.2) is 5.78 Å². The van der Waals surface area contributed by atoms with Gasteiger partial charge in [-0.05, 0) is 29.4 Å². The van der Waals surface area contributed by atoms with Gasteiger partial charge in [-0.3, -0.25) is 4.79 Å². The molecular weight excluding hydrogens is 232 g/mol. The number of ketones is 1. The standard InChI is InChI=1S/C18H18O/c1-2-18(19)15-10-8-14(9-11-15)17-12-16(17)13-6-4-3-5-7-13/h3-11,16-17H,2,12H2,1H3.